The lowest BCUT2D eigenvalue weighted by atomic mass is 9.92. The smallest absolute Gasteiger partial charge is 0.271 e. The molecule has 0 bridgehead atoms. The Morgan fingerprint density at radius 1 is 1.24 bits per heavy atom. The maximum atomic E-state index is 12.6. The molecule has 0 spiro atoms. The quantitative estimate of drug-likeness (QED) is 0.797. The number of amides is 1. The van der Waals surface area contributed by atoms with Crippen LogP contribution in [-0.2, 0) is 6.42 Å². The number of hydrogen-bond acceptors (Lipinski definition) is 3. The number of hydrogen-bond donors (Lipinski definition) is 1. The van der Waals surface area contributed by atoms with Crippen LogP contribution in [0.1, 0.15) is 34.5 Å². The lowest BCUT2D eigenvalue weighted by Crippen LogP contribution is -2.48. The molecule has 5 nitrogen and oxygen atoms in total. The highest BCUT2D eigenvalue weighted by Gasteiger charge is 2.33. The van der Waals surface area contributed by atoms with Crippen molar-refractivity contribution in [3.05, 3.63) is 71.7 Å². The van der Waals surface area contributed by atoms with Gasteiger partial charge in [-0.05, 0) is 29.7 Å². The molecule has 0 atom stereocenters. The minimum atomic E-state index is 0.00377. The number of carbonyl (C=O) groups is 1. The van der Waals surface area contributed by atoms with E-state index in [1.807, 2.05) is 35.4 Å². The first kappa shape index (κ1) is 15.6. The number of benzene rings is 1. The van der Waals surface area contributed by atoms with E-state index >= 15 is 0 Å². The second-order valence-electron chi connectivity index (χ2n) is 6.41. The summed E-state index contributed by atoms with van der Waals surface area (Å²) in [5.41, 5.74) is 4.84. The first-order valence-corrected chi connectivity index (χ1v) is 8.58. The molecule has 1 N–H and O–H groups in total. The Morgan fingerprint density at radius 2 is 2.04 bits per heavy atom. The van der Waals surface area contributed by atoms with E-state index in [0.29, 0.717) is 11.6 Å². The number of carbonyl (C=O) groups excluding carboxylic acids is 1. The van der Waals surface area contributed by atoms with Crippen molar-refractivity contribution in [1.29, 1.82) is 0 Å². The van der Waals surface area contributed by atoms with E-state index in [1.165, 1.54) is 11.1 Å². The third kappa shape index (κ3) is 3.05. The molecule has 3 aromatic rings. The minimum Gasteiger partial charge on any atom is -0.336 e. The van der Waals surface area contributed by atoms with E-state index in [4.69, 9.17) is 0 Å². The molecule has 1 aliphatic rings. The molecule has 1 aliphatic heterocycles. The van der Waals surface area contributed by atoms with E-state index in [0.717, 1.165) is 30.8 Å². The van der Waals surface area contributed by atoms with Crippen LogP contribution in [0.15, 0.2) is 54.9 Å². The first-order chi connectivity index (χ1) is 12.2. The van der Waals surface area contributed by atoms with Crippen LogP contribution in [0.4, 0.5) is 0 Å². The molecule has 1 aromatic carbocycles. The standard InChI is InChI=1S/C20H20N4O/c1-2-14-5-7-15(8-6-14)18-10-19(23-22-18)20(25)24-12-17(13-24)16-4-3-9-21-11-16/h3-11,17H,2,12-13H2,1H3,(H,22,23). The average Bonchev–Trinajstić information content (AvgIpc) is 3.11. The molecule has 1 fully saturated rings. The summed E-state index contributed by atoms with van der Waals surface area (Å²) in [6, 6.07) is 14.1. The zero-order valence-corrected chi connectivity index (χ0v) is 14.1. The lowest BCUT2D eigenvalue weighted by molar-refractivity contribution is 0.0596. The van der Waals surface area contributed by atoms with E-state index in [1.54, 1.807) is 6.20 Å². The Kier molecular flexibility index (Phi) is 4.06. The summed E-state index contributed by atoms with van der Waals surface area (Å²) in [7, 11) is 0. The maximum Gasteiger partial charge on any atom is 0.271 e. The molecule has 0 aliphatic carbocycles. The Morgan fingerprint density at radius 3 is 2.72 bits per heavy atom. The number of aryl methyl sites for hydroxylation is 1. The van der Waals surface area contributed by atoms with E-state index < -0.39 is 0 Å². The van der Waals surface area contributed by atoms with Crippen molar-refractivity contribution in [2.45, 2.75) is 19.3 Å². The third-order valence-corrected chi connectivity index (χ3v) is 4.79. The van der Waals surface area contributed by atoms with Crippen molar-refractivity contribution in [3.63, 3.8) is 0 Å². The Bertz CT molecular complexity index is 864. The summed E-state index contributed by atoms with van der Waals surface area (Å²) in [6.45, 7) is 3.58. The van der Waals surface area contributed by atoms with Crippen molar-refractivity contribution in [2.75, 3.05) is 13.1 Å². The number of nitrogens with zero attached hydrogens (tertiary/aromatic N) is 3. The molecule has 4 rings (SSSR count). The number of likely N-dealkylation sites (tertiary alicyclic amines) is 1. The minimum absolute atomic E-state index is 0.00377. The van der Waals surface area contributed by atoms with Crippen LogP contribution in [0.25, 0.3) is 11.3 Å². The van der Waals surface area contributed by atoms with Gasteiger partial charge in [-0.2, -0.15) is 5.10 Å². The van der Waals surface area contributed by atoms with Crippen molar-refractivity contribution in [2.24, 2.45) is 0 Å². The van der Waals surface area contributed by atoms with Gasteiger partial charge in [0, 0.05) is 37.0 Å². The molecule has 0 saturated carbocycles. The van der Waals surface area contributed by atoms with Crippen LogP contribution in [0, 0.1) is 0 Å². The van der Waals surface area contributed by atoms with Crippen LogP contribution < -0.4 is 0 Å². The van der Waals surface area contributed by atoms with Crippen LogP contribution >= 0.6 is 0 Å². The largest absolute Gasteiger partial charge is 0.336 e. The summed E-state index contributed by atoms with van der Waals surface area (Å²) in [6.07, 6.45) is 4.66. The maximum absolute atomic E-state index is 12.6. The second kappa shape index (κ2) is 6.51. The molecule has 1 amide bonds. The van der Waals surface area contributed by atoms with Crippen molar-refractivity contribution >= 4 is 5.91 Å². The first-order valence-electron chi connectivity index (χ1n) is 8.58. The molecule has 126 valence electrons. The Hall–Kier alpha value is -2.95. The fraction of sp³-hybridized carbons (Fsp3) is 0.250. The predicted molar refractivity (Wildman–Crippen MR) is 96.3 cm³/mol. The zero-order valence-electron chi connectivity index (χ0n) is 14.1. The molecular formula is C20H20N4O. The van der Waals surface area contributed by atoms with Crippen molar-refractivity contribution in [3.8, 4) is 11.3 Å². The summed E-state index contributed by atoms with van der Waals surface area (Å²) < 4.78 is 0. The highest BCUT2D eigenvalue weighted by atomic mass is 16.2. The molecule has 25 heavy (non-hydrogen) atoms. The number of H-pyrrole nitrogens is 1. The van der Waals surface area contributed by atoms with Gasteiger partial charge in [0.1, 0.15) is 5.69 Å². The SMILES string of the molecule is CCc1ccc(-c2cc(C(=O)N3CC(c4cccnc4)C3)[nH]n2)cc1. The number of pyridine rings is 1. The van der Waals surface area contributed by atoms with Gasteiger partial charge in [-0.3, -0.25) is 14.9 Å². The van der Waals surface area contributed by atoms with Gasteiger partial charge >= 0.3 is 0 Å². The highest BCUT2D eigenvalue weighted by Crippen LogP contribution is 2.28. The molecule has 1 saturated heterocycles. The zero-order chi connectivity index (χ0) is 17.2. The number of rotatable bonds is 4. The van der Waals surface area contributed by atoms with Crippen LogP contribution in [0.3, 0.4) is 0 Å². The molecule has 5 heteroatoms. The van der Waals surface area contributed by atoms with Crippen LogP contribution in [0.5, 0.6) is 0 Å². The lowest BCUT2D eigenvalue weighted by Gasteiger charge is -2.39. The highest BCUT2D eigenvalue weighted by molar-refractivity contribution is 5.94. The number of nitrogens with one attached hydrogen (secondary N) is 1. The van der Waals surface area contributed by atoms with Crippen LogP contribution in [0.2, 0.25) is 0 Å². The van der Waals surface area contributed by atoms with E-state index in [2.05, 4.69) is 40.3 Å². The van der Waals surface area contributed by atoms with E-state index in [-0.39, 0.29) is 5.91 Å². The molecular weight excluding hydrogens is 312 g/mol. The van der Waals surface area contributed by atoms with Gasteiger partial charge in [0.25, 0.3) is 5.91 Å². The Labute approximate surface area is 146 Å². The second-order valence-corrected chi connectivity index (χ2v) is 6.41. The number of aromatic amines is 1. The van der Waals surface area contributed by atoms with Gasteiger partial charge in [-0.15, -0.1) is 0 Å². The van der Waals surface area contributed by atoms with Gasteiger partial charge in [-0.25, -0.2) is 0 Å². The fourth-order valence-electron chi connectivity index (χ4n) is 3.13. The average molecular weight is 332 g/mol. The van der Waals surface area contributed by atoms with Gasteiger partial charge in [0.05, 0.1) is 5.69 Å². The molecule has 0 radical (unpaired) electrons. The number of aromatic nitrogens is 3. The third-order valence-electron chi connectivity index (χ3n) is 4.79. The van der Waals surface area contributed by atoms with Gasteiger partial charge < -0.3 is 4.90 Å². The predicted octanol–water partition coefficient (Wildman–Crippen LogP) is 3.27. The fourth-order valence-corrected chi connectivity index (χ4v) is 3.13. The summed E-state index contributed by atoms with van der Waals surface area (Å²) in [4.78, 5) is 18.6. The topological polar surface area (TPSA) is 61.9 Å². The van der Waals surface area contributed by atoms with Crippen molar-refractivity contribution in [1.82, 2.24) is 20.1 Å². The summed E-state index contributed by atoms with van der Waals surface area (Å²) in [5, 5.41) is 7.18. The van der Waals surface area contributed by atoms with Crippen molar-refractivity contribution < 1.29 is 4.79 Å². The van der Waals surface area contributed by atoms with Gasteiger partial charge in [0.2, 0.25) is 0 Å². The van der Waals surface area contributed by atoms with Gasteiger partial charge in [0.15, 0.2) is 0 Å². The van der Waals surface area contributed by atoms with Crippen LogP contribution in [-0.4, -0.2) is 39.1 Å². The summed E-state index contributed by atoms with van der Waals surface area (Å²) in [5.74, 6) is 0.380. The summed E-state index contributed by atoms with van der Waals surface area (Å²) >= 11 is 0. The molecule has 0 unspecified atom stereocenters. The normalized spacial score (nSPS) is 14.4. The van der Waals surface area contributed by atoms with E-state index in [9.17, 15) is 4.79 Å². The van der Waals surface area contributed by atoms with Gasteiger partial charge in [-0.1, -0.05) is 37.3 Å². The Balaban J connectivity index is 1.43. The monoisotopic (exact) mass is 332 g/mol. The molecule has 2 aromatic heterocycles. The molecule has 3 heterocycles.